The summed E-state index contributed by atoms with van der Waals surface area (Å²) in [5.41, 5.74) is 0. The van der Waals surface area contributed by atoms with Gasteiger partial charge in [0.05, 0.1) is 6.54 Å². The van der Waals surface area contributed by atoms with Crippen molar-refractivity contribution < 1.29 is 9.47 Å². The van der Waals surface area contributed by atoms with Crippen molar-refractivity contribution in [3.8, 4) is 0 Å². The van der Waals surface area contributed by atoms with E-state index in [1.54, 1.807) is 0 Å². The number of ether oxygens (including phenoxy) is 2. The lowest BCUT2D eigenvalue weighted by atomic mass is 10.0. The molecule has 2 heterocycles. The predicted molar refractivity (Wildman–Crippen MR) is 116 cm³/mol. The first kappa shape index (κ1) is 23.4. The Kier molecular flexibility index (Phi) is 11.8. The monoisotopic (exact) mass is 397 g/mol. The highest BCUT2D eigenvalue weighted by Gasteiger charge is 2.20. The number of hydrogen-bond donors (Lipinski definition) is 2. The minimum atomic E-state index is 0.484. The zero-order valence-corrected chi connectivity index (χ0v) is 18.4. The van der Waals surface area contributed by atoms with Crippen LogP contribution in [-0.4, -0.2) is 101 Å². The quantitative estimate of drug-likeness (QED) is 0.312. The summed E-state index contributed by atoms with van der Waals surface area (Å²) in [5.74, 6) is 1.60. The van der Waals surface area contributed by atoms with Gasteiger partial charge in [0.25, 0.3) is 0 Å². The molecule has 2 saturated heterocycles. The summed E-state index contributed by atoms with van der Waals surface area (Å²) in [6.45, 7) is 18.5. The molecular weight excluding hydrogens is 354 g/mol. The molecule has 1 atom stereocenters. The Labute approximate surface area is 172 Å². The lowest BCUT2D eigenvalue weighted by Gasteiger charge is -2.37. The smallest absolute Gasteiger partial charge is 0.191 e. The molecule has 164 valence electrons. The maximum Gasteiger partial charge on any atom is 0.191 e. The van der Waals surface area contributed by atoms with Crippen LogP contribution in [0.15, 0.2) is 4.99 Å². The average Bonchev–Trinajstić information content (AvgIpc) is 2.75. The first-order valence-electron chi connectivity index (χ1n) is 11.4. The first-order valence-corrected chi connectivity index (χ1v) is 11.4. The van der Waals surface area contributed by atoms with E-state index in [1.165, 1.54) is 13.1 Å². The number of rotatable bonds is 11. The Bertz CT molecular complexity index is 421. The minimum absolute atomic E-state index is 0.484. The summed E-state index contributed by atoms with van der Waals surface area (Å²) < 4.78 is 11.2. The van der Waals surface area contributed by atoms with E-state index >= 15 is 0 Å². The highest BCUT2D eigenvalue weighted by atomic mass is 16.5. The topological polar surface area (TPSA) is 61.4 Å². The molecule has 28 heavy (non-hydrogen) atoms. The van der Waals surface area contributed by atoms with Crippen molar-refractivity contribution in [1.29, 1.82) is 0 Å². The fraction of sp³-hybridized carbons (Fsp3) is 0.952. The zero-order valence-electron chi connectivity index (χ0n) is 18.4. The van der Waals surface area contributed by atoms with Crippen LogP contribution in [0.3, 0.4) is 0 Å². The number of hydrogen-bond acceptors (Lipinski definition) is 5. The second-order valence-corrected chi connectivity index (χ2v) is 7.95. The minimum Gasteiger partial charge on any atom is -0.381 e. The van der Waals surface area contributed by atoms with Crippen LogP contribution in [0, 0.1) is 5.92 Å². The average molecular weight is 398 g/mol. The van der Waals surface area contributed by atoms with Crippen LogP contribution in [0.1, 0.15) is 40.0 Å². The predicted octanol–water partition coefficient (Wildman–Crippen LogP) is 1.40. The molecule has 0 aromatic rings. The van der Waals surface area contributed by atoms with Gasteiger partial charge in [0.1, 0.15) is 0 Å². The van der Waals surface area contributed by atoms with Gasteiger partial charge >= 0.3 is 0 Å². The molecule has 0 radical (unpaired) electrons. The molecule has 0 saturated carbocycles. The van der Waals surface area contributed by atoms with Crippen molar-refractivity contribution in [1.82, 2.24) is 20.4 Å². The van der Waals surface area contributed by atoms with Gasteiger partial charge in [-0.05, 0) is 45.6 Å². The van der Waals surface area contributed by atoms with Gasteiger partial charge in [0.2, 0.25) is 0 Å². The van der Waals surface area contributed by atoms with Crippen molar-refractivity contribution >= 4 is 5.96 Å². The van der Waals surface area contributed by atoms with Crippen molar-refractivity contribution in [2.75, 3.05) is 78.8 Å². The molecule has 0 aliphatic carbocycles. The Hall–Kier alpha value is -0.890. The van der Waals surface area contributed by atoms with Crippen LogP contribution in [0.25, 0.3) is 0 Å². The molecule has 7 nitrogen and oxygen atoms in total. The normalized spacial score (nSPS) is 21.6. The molecule has 2 N–H and O–H groups in total. The summed E-state index contributed by atoms with van der Waals surface area (Å²) in [6, 6.07) is 0.484. The summed E-state index contributed by atoms with van der Waals surface area (Å²) in [7, 11) is 0. The lowest BCUT2D eigenvalue weighted by Crippen LogP contribution is -2.50. The van der Waals surface area contributed by atoms with Crippen LogP contribution in [-0.2, 0) is 9.47 Å². The van der Waals surface area contributed by atoms with E-state index in [-0.39, 0.29) is 0 Å². The van der Waals surface area contributed by atoms with Crippen molar-refractivity contribution in [3.05, 3.63) is 0 Å². The van der Waals surface area contributed by atoms with Gasteiger partial charge in [-0.3, -0.25) is 9.89 Å². The van der Waals surface area contributed by atoms with E-state index in [9.17, 15) is 0 Å². The molecule has 2 aliphatic rings. The Morgan fingerprint density at radius 1 is 1.14 bits per heavy atom. The van der Waals surface area contributed by atoms with E-state index in [2.05, 4.69) is 41.2 Å². The van der Waals surface area contributed by atoms with Crippen LogP contribution in [0.5, 0.6) is 0 Å². The molecule has 2 aliphatic heterocycles. The number of guanidine groups is 1. The largest absolute Gasteiger partial charge is 0.381 e. The number of aliphatic imine (C=N–C) groups is 1. The standard InChI is InChI=1S/C21H43N5O2/c1-4-22-21(23-9-6-14-28-18-20-7-15-27-16-8-20)24-17-19(3)26-12-10-25(5-2)11-13-26/h19-20H,4-18H2,1-3H3,(H2,22,23,24). The fourth-order valence-electron chi connectivity index (χ4n) is 3.75. The van der Waals surface area contributed by atoms with Crippen molar-refractivity contribution in [2.24, 2.45) is 10.9 Å². The Morgan fingerprint density at radius 3 is 2.57 bits per heavy atom. The van der Waals surface area contributed by atoms with Gasteiger partial charge in [0, 0.05) is 71.7 Å². The summed E-state index contributed by atoms with van der Waals surface area (Å²) in [4.78, 5) is 9.88. The maximum absolute atomic E-state index is 5.84. The lowest BCUT2D eigenvalue weighted by molar-refractivity contribution is 0.0203. The van der Waals surface area contributed by atoms with Crippen LogP contribution < -0.4 is 10.6 Å². The zero-order chi connectivity index (χ0) is 20.0. The van der Waals surface area contributed by atoms with Gasteiger partial charge in [-0.1, -0.05) is 6.92 Å². The third kappa shape index (κ3) is 9.07. The molecule has 0 amide bonds. The summed E-state index contributed by atoms with van der Waals surface area (Å²) in [5, 5.41) is 6.80. The van der Waals surface area contributed by atoms with Crippen LogP contribution in [0.2, 0.25) is 0 Å². The van der Waals surface area contributed by atoms with Gasteiger partial charge < -0.3 is 25.0 Å². The molecule has 2 rings (SSSR count). The molecule has 1 unspecified atom stereocenters. The molecule has 0 bridgehead atoms. The van der Waals surface area contributed by atoms with Gasteiger partial charge in [-0.25, -0.2) is 0 Å². The number of piperazine rings is 1. The Morgan fingerprint density at radius 2 is 1.89 bits per heavy atom. The van der Waals surface area contributed by atoms with Gasteiger partial charge in [-0.2, -0.15) is 0 Å². The molecular formula is C21H43N5O2. The highest BCUT2D eigenvalue weighted by Crippen LogP contribution is 2.14. The van der Waals surface area contributed by atoms with Gasteiger partial charge in [0.15, 0.2) is 5.96 Å². The Balaban J connectivity index is 1.59. The van der Waals surface area contributed by atoms with Crippen molar-refractivity contribution in [2.45, 2.75) is 46.1 Å². The van der Waals surface area contributed by atoms with E-state index in [0.717, 1.165) is 90.9 Å². The number of nitrogens with one attached hydrogen (secondary N) is 2. The molecule has 0 aromatic carbocycles. The van der Waals surface area contributed by atoms with E-state index in [0.29, 0.717) is 12.0 Å². The van der Waals surface area contributed by atoms with Crippen molar-refractivity contribution in [3.63, 3.8) is 0 Å². The van der Waals surface area contributed by atoms with Crippen LogP contribution >= 0.6 is 0 Å². The van der Waals surface area contributed by atoms with E-state index in [4.69, 9.17) is 14.5 Å². The third-order valence-electron chi connectivity index (χ3n) is 5.79. The number of likely N-dealkylation sites (N-methyl/N-ethyl adjacent to an activating group) is 1. The first-order chi connectivity index (χ1) is 13.7. The van der Waals surface area contributed by atoms with E-state index in [1.807, 2.05) is 0 Å². The highest BCUT2D eigenvalue weighted by molar-refractivity contribution is 5.79. The number of nitrogens with zero attached hydrogens (tertiary/aromatic N) is 3. The fourth-order valence-corrected chi connectivity index (χ4v) is 3.75. The van der Waals surface area contributed by atoms with E-state index < -0.39 is 0 Å². The molecule has 0 aromatic heterocycles. The van der Waals surface area contributed by atoms with Gasteiger partial charge in [-0.15, -0.1) is 0 Å². The summed E-state index contributed by atoms with van der Waals surface area (Å²) >= 11 is 0. The third-order valence-corrected chi connectivity index (χ3v) is 5.79. The second-order valence-electron chi connectivity index (χ2n) is 7.95. The summed E-state index contributed by atoms with van der Waals surface area (Å²) in [6.07, 6.45) is 3.28. The maximum atomic E-state index is 5.84. The molecule has 0 spiro atoms. The molecule has 2 fully saturated rings. The molecule has 7 heteroatoms. The second kappa shape index (κ2) is 14.1. The van der Waals surface area contributed by atoms with Crippen LogP contribution in [0.4, 0.5) is 0 Å². The SMILES string of the molecule is CCNC(=NCC(C)N1CCN(CC)CC1)NCCCOCC1CCOCC1.